The molecular weight excluding hydrogens is 707 g/mol. The second-order valence-corrected chi connectivity index (χ2v) is 12.4. The highest BCUT2D eigenvalue weighted by molar-refractivity contribution is 6.33. The highest BCUT2D eigenvalue weighted by Gasteiger charge is 2.32. The lowest BCUT2D eigenvalue weighted by atomic mass is 10.1. The first-order valence-electron chi connectivity index (χ1n) is 16.1. The Morgan fingerprint density at radius 2 is 1.83 bits per heavy atom. The predicted molar refractivity (Wildman–Crippen MR) is 183 cm³/mol. The Labute approximate surface area is 297 Å². The molecule has 5 heterocycles. The summed E-state index contributed by atoms with van der Waals surface area (Å²) in [6, 6.07) is 9.73. The van der Waals surface area contributed by atoms with Crippen LogP contribution in [0.15, 0.2) is 64.3 Å². The van der Waals surface area contributed by atoms with E-state index in [4.69, 9.17) is 16.0 Å². The van der Waals surface area contributed by atoms with Crippen LogP contribution in [0, 0.1) is 6.92 Å². The summed E-state index contributed by atoms with van der Waals surface area (Å²) in [5, 5.41) is 18.0. The number of benzene rings is 2. The number of alkyl halides is 3. The van der Waals surface area contributed by atoms with Gasteiger partial charge in [0.05, 0.1) is 33.9 Å². The summed E-state index contributed by atoms with van der Waals surface area (Å²) in [7, 11) is 0. The molecule has 0 saturated carbocycles. The molecule has 4 aromatic heterocycles. The van der Waals surface area contributed by atoms with Gasteiger partial charge in [0.25, 0.3) is 11.5 Å². The maximum atomic E-state index is 14.3. The fourth-order valence-corrected chi connectivity index (χ4v) is 6.41. The molecule has 7 rings (SSSR count). The first-order chi connectivity index (χ1) is 24.8. The first-order valence-corrected chi connectivity index (χ1v) is 16.4. The van der Waals surface area contributed by atoms with Crippen LogP contribution in [-0.2, 0) is 23.9 Å². The maximum Gasteiger partial charge on any atom is 0.416 e. The fraction of sp³-hybridized carbons (Fsp3) is 0.265. The standard InChI is InChI=1S/C34H29ClF3N9O5/c1-3-24-28(44-9-11-45(12-10-44)31(50)27-29(49)18(2)39-17-40-27)32(51)47-33(42-30(43-47)20-5-4-19-8-13-52-25(19)14-20)46(24)16-26(48)41-23-7-6-21(15-22(23)35)34(36,37)38/h4-8,13-15,17,49H,3,9-12,16H2,1-2H3,(H,41,48). The van der Waals surface area contributed by atoms with Crippen molar-refractivity contribution in [3.63, 3.8) is 0 Å². The zero-order chi connectivity index (χ0) is 36.9. The van der Waals surface area contributed by atoms with E-state index in [-0.39, 0.29) is 77.7 Å². The molecule has 0 radical (unpaired) electrons. The number of halogens is 4. The van der Waals surface area contributed by atoms with E-state index in [2.05, 4.69) is 25.4 Å². The van der Waals surface area contributed by atoms with E-state index in [1.807, 2.05) is 6.07 Å². The van der Waals surface area contributed by atoms with Gasteiger partial charge >= 0.3 is 6.18 Å². The number of amides is 2. The van der Waals surface area contributed by atoms with Crippen molar-refractivity contribution in [3.8, 4) is 17.1 Å². The van der Waals surface area contributed by atoms with Gasteiger partial charge in [0.15, 0.2) is 17.3 Å². The minimum Gasteiger partial charge on any atom is -0.504 e. The van der Waals surface area contributed by atoms with Crippen molar-refractivity contribution in [2.45, 2.75) is 33.0 Å². The second kappa shape index (κ2) is 13.3. The number of nitrogens with one attached hydrogen (secondary N) is 1. The molecule has 0 atom stereocenters. The van der Waals surface area contributed by atoms with Crippen LogP contribution in [0.2, 0.25) is 5.02 Å². The Kier molecular flexibility index (Phi) is 8.82. The first kappa shape index (κ1) is 34.5. The number of aromatic hydroxyl groups is 1. The Morgan fingerprint density at radius 3 is 2.54 bits per heavy atom. The van der Waals surface area contributed by atoms with E-state index >= 15 is 0 Å². The quantitative estimate of drug-likeness (QED) is 0.230. The van der Waals surface area contributed by atoms with E-state index in [0.717, 1.165) is 28.1 Å². The summed E-state index contributed by atoms with van der Waals surface area (Å²) in [6.45, 7) is 3.75. The largest absolute Gasteiger partial charge is 0.504 e. The van der Waals surface area contributed by atoms with Crippen LogP contribution in [0.5, 0.6) is 5.75 Å². The Balaban J connectivity index is 1.26. The fourth-order valence-electron chi connectivity index (χ4n) is 6.18. The molecule has 2 N–H and O–H groups in total. The normalized spacial score (nSPS) is 13.7. The molecule has 1 saturated heterocycles. The second-order valence-electron chi connectivity index (χ2n) is 12.0. The number of anilines is 2. The van der Waals surface area contributed by atoms with Crippen molar-refractivity contribution in [1.82, 2.24) is 34.0 Å². The molecule has 268 valence electrons. The van der Waals surface area contributed by atoms with Gasteiger partial charge in [-0.3, -0.25) is 14.4 Å². The lowest BCUT2D eigenvalue weighted by molar-refractivity contribution is -0.137. The lowest BCUT2D eigenvalue weighted by Gasteiger charge is -2.36. The number of hydrogen-bond donors (Lipinski definition) is 2. The van der Waals surface area contributed by atoms with Gasteiger partial charge in [-0.15, -0.1) is 5.10 Å². The van der Waals surface area contributed by atoms with Crippen molar-refractivity contribution in [2.24, 2.45) is 0 Å². The number of carbonyl (C=O) groups excluding carboxylic acids is 2. The molecule has 52 heavy (non-hydrogen) atoms. The molecule has 1 aliphatic rings. The van der Waals surface area contributed by atoms with E-state index in [1.165, 1.54) is 15.8 Å². The highest BCUT2D eigenvalue weighted by Crippen LogP contribution is 2.34. The van der Waals surface area contributed by atoms with E-state index < -0.39 is 35.7 Å². The lowest BCUT2D eigenvalue weighted by Crippen LogP contribution is -2.51. The number of hydrogen-bond acceptors (Lipinski definition) is 10. The molecule has 2 aromatic carbocycles. The Bertz CT molecular complexity index is 2430. The molecule has 0 unspecified atom stereocenters. The smallest absolute Gasteiger partial charge is 0.416 e. The summed E-state index contributed by atoms with van der Waals surface area (Å²) < 4.78 is 47.9. The summed E-state index contributed by atoms with van der Waals surface area (Å²) in [5.41, 5.74) is 0.438. The number of nitrogens with zero attached hydrogens (tertiary/aromatic N) is 8. The third-order valence-corrected chi connectivity index (χ3v) is 9.15. The molecule has 0 spiro atoms. The molecule has 1 fully saturated rings. The van der Waals surface area contributed by atoms with E-state index in [9.17, 15) is 32.7 Å². The molecular formula is C34H29ClF3N9O5. The number of furan rings is 1. The van der Waals surface area contributed by atoms with Crippen LogP contribution in [0.1, 0.15) is 34.4 Å². The average Bonchev–Trinajstić information content (AvgIpc) is 3.79. The monoisotopic (exact) mass is 735 g/mol. The SMILES string of the molecule is CCc1c(N2CCN(C(=O)c3ncnc(C)c3O)CC2)c(=O)n2nc(-c3ccc4ccoc4c3)nc2n1CC(=O)Nc1ccc(C(F)(F)F)cc1Cl. The van der Waals surface area contributed by atoms with Gasteiger partial charge < -0.3 is 29.2 Å². The average molecular weight is 736 g/mol. The molecule has 2 amide bonds. The Morgan fingerprint density at radius 1 is 1.06 bits per heavy atom. The molecule has 0 bridgehead atoms. The van der Waals surface area contributed by atoms with Crippen LogP contribution in [0.3, 0.4) is 0 Å². The number of aryl methyl sites for hydroxylation is 1. The molecule has 18 heteroatoms. The van der Waals surface area contributed by atoms with Crippen molar-refractivity contribution in [3.05, 3.63) is 93.1 Å². The summed E-state index contributed by atoms with van der Waals surface area (Å²) in [6.07, 6.45) is -1.61. The van der Waals surface area contributed by atoms with Crippen molar-refractivity contribution >= 4 is 51.5 Å². The third-order valence-electron chi connectivity index (χ3n) is 8.84. The zero-order valence-corrected chi connectivity index (χ0v) is 28.4. The van der Waals surface area contributed by atoms with Gasteiger partial charge in [-0.05, 0) is 43.7 Å². The summed E-state index contributed by atoms with van der Waals surface area (Å²) >= 11 is 6.13. The van der Waals surface area contributed by atoms with Gasteiger partial charge in [0.1, 0.15) is 24.1 Å². The van der Waals surface area contributed by atoms with Crippen molar-refractivity contribution < 1.29 is 32.3 Å². The van der Waals surface area contributed by atoms with Crippen LogP contribution in [0.4, 0.5) is 24.5 Å². The van der Waals surface area contributed by atoms with Gasteiger partial charge in [0.2, 0.25) is 11.7 Å². The number of carbonyl (C=O) groups is 2. The summed E-state index contributed by atoms with van der Waals surface area (Å²) in [4.78, 5) is 56.9. The number of aromatic nitrogens is 6. The minimum absolute atomic E-state index is 0.0328. The van der Waals surface area contributed by atoms with Gasteiger partial charge in [0, 0.05) is 37.1 Å². The van der Waals surface area contributed by atoms with E-state index in [1.54, 1.807) is 43.2 Å². The van der Waals surface area contributed by atoms with Gasteiger partial charge in [-0.25, -0.2) is 9.97 Å². The van der Waals surface area contributed by atoms with Gasteiger partial charge in [-0.1, -0.05) is 30.7 Å². The molecule has 14 nitrogen and oxygen atoms in total. The number of rotatable bonds is 7. The van der Waals surface area contributed by atoms with Crippen molar-refractivity contribution in [2.75, 3.05) is 36.4 Å². The topological polar surface area (TPSA) is 164 Å². The molecule has 1 aliphatic heterocycles. The van der Waals surface area contributed by atoms with Crippen molar-refractivity contribution in [1.29, 1.82) is 0 Å². The molecule has 6 aromatic rings. The minimum atomic E-state index is -4.62. The summed E-state index contributed by atoms with van der Waals surface area (Å²) in [5.74, 6) is -1.20. The van der Waals surface area contributed by atoms with Crippen LogP contribution in [-0.4, -0.2) is 77.1 Å². The van der Waals surface area contributed by atoms with Gasteiger partial charge in [-0.2, -0.15) is 22.7 Å². The van der Waals surface area contributed by atoms with Crippen LogP contribution >= 0.6 is 11.6 Å². The maximum absolute atomic E-state index is 14.3. The zero-order valence-electron chi connectivity index (χ0n) is 27.6. The van der Waals surface area contributed by atoms with Crippen LogP contribution in [0.25, 0.3) is 28.1 Å². The predicted octanol–water partition coefficient (Wildman–Crippen LogP) is 4.94. The Hall–Kier alpha value is -5.97. The van der Waals surface area contributed by atoms with E-state index in [0.29, 0.717) is 16.8 Å². The highest BCUT2D eigenvalue weighted by atomic mass is 35.5. The van der Waals surface area contributed by atoms with Crippen LogP contribution < -0.4 is 15.8 Å². The number of piperazine rings is 1. The molecule has 0 aliphatic carbocycles. The third kappa shape index (κ3) is 6.27. The number of fused-ring (bicyclic) bond motifs is 2.